The van der Waals surface area contributed by atoms with Gasteiger partial charge >= 0.3 is 0 Å². The first-order valence-corrected chi connectivity index (χ1v) is 20.5. The molecule has 0 N–H and O–H groups in total. The van der Waals surface area contributed by atoms with Gasteiger partial charge in [0, 0.05) is 27.1 Å². The number of fused-ring (bicyclic) bond motifs is 13. The number of benzene rings is 7. The largest absolute Gasteiger partial charge is 0.452 e. The Balaban J connectivity index is 1.17. The van der Waals surface area contributed by atoms with Crippen LogP contribution in [0.4, 0.5) is 0 Å². The first-order chi connectivity index (χ1) is 27.7. The van der Waals surface area contributed by atoms with Gasteiger partial charge in [-0.15, -0.1) is 0 Å². The van der Waals surface area contributed by atoms with Gasteiger partial charge in [-0.25, -0.2) is 9.97 Å². The van der Waals surface area contributed by atoms with Crippen LogP contribution in [-0.4, -0.2) is 14.5 Å². The second-order valence-corrected chi connectivity index (χ2v) is 17.3. The molecule has 5 aliphatic rings. The fourth-order valence-electron chi connectivity index (χ4n) is 12.9. The van der Waals surface area contributed by atoms with E-state index in [2.05, 4.69) is 132 Å². The fourth-order valence-corrected chi connectivity index (χ4v) is 12.9. The predicted octanol–water partition coefficient (Wildman–Crippen LogP) is 13.2. The molecule has 4 heteroatoms. The van der Waals surface area contributed by atoms with E-state index >= 15 is 0 Å². The van der Waals surface area contributed by atoms with Crippen LogP contribution in [0.15, 0.2) is 144 Å². The third-order valence-electron chi connectivity index (χ3n) is 14.8. The molecule has 4 nitrogen and oxygen atoms in total. The number of aromatic nitrogens is 3. The molecule has 4 fully saturated rings. The van der Waals surface area contributed by atoms with E-state index in [0.717, 1.165) is 50.7 Å². The van der Waals surface area contributed by atoms with Gasteiger partial charge in [-0.2, -0.15) is 0 Å². The average molecular weight is 720 g/mol. The van der Waals surface area contributed by atoms with Crippen LogP contribution >= 0.6 is 0 Å². The van der Waals surface area contributed by atoms with E-state index in [1.165, 1.54) is 86.6 Å². The number of hydrogen-bond donors (Lipinski definition) is 0. The molecular formula is C52H37N3O. The Kier molecular flexibility index (Phi) is 5.64. The van der Waals surface area contributed by atoms with Crippen molar-refractivity contribution in [2.24, 2.45) is 23.7 Å². The Morgan fingerprint density at radius 2 is 1.29 bits per heavy atom. The fraction of sp³-hybridized carbons (Fsp3) is 0.192. The summed E-state index contributed by atoms with van der Waals surface area (Å²) in [5, 5.41) is 8.49. The van der Waals surface area contributed by atoms with Gasteiger partial charge in [0.2, 0.25) is 5.95 Å². The van der Waals surface area contributed by atoms with Gasteiger partial charge in [-0.1, -0.05) is 115 Å². The Hall–Kier alpha value is -6.26. The van der Waals surface area contributed by atoms with Gasteiger partial charge in [0.15, 0.2) is 5.58 Å². The maximum Gasteiger partial charge on any atom is 0.236 e. The number of nitrogens with zero attached hydrogens (tertiary/aromatic N) is 3. The Morgan fingerprint density at radius 3 is 2.14 bits per heavy atom. The third kappa shape index (κ3) is 3.66. The predicted molar refractivity (Wildman–Crippen MR) is 227 cm³/mol. The Bertz CT molecular complexity index is 3320. The zero-order valence-electron chi connectivity index (χ0n) is 30.9. The molecule has 4 saturated carbocycles. The van der Waals surface area contributed by atoms with Crippen LogP contribution in [0, 0.1) is 23.7 Å². The highest BCUT2D eigenvalue weighted by molar-refractivity contribution is 6.23. The molecule has 3 aromatic heterocycles. The van der Waals surface area contributed by atoms with Crippen LogP contribution in [0.5, 0.6) is 0 Å². The van der Waals surface area contributed by atoms with E-state index in [9.17, 15) is 0 Å². The van der Waals surface area contributed by atoms with Crippen molar-refractivity contribution < 1.29 is 4.42 Å². The molecule has 0 saturated heterocycles. The molecule has 0 atom stereocenters. The van der Waals surface area contributed by atoms with Crippen LogP contribution in [0.3, 0.4) is 0 Å². The molecule has 0 aliphatic heterocycles. The molecule has 3 heterocycles. The maximum absolute atomic E-state index is 6.69. The normalized spacial score (nSPS) is 23.4. The lowest BCUT2D eigenvalue weighted by atomic mass is 9.43. The monoisotopic (exact) mass is 719 g/mol. The molecule has 0 unspecified atom stereocenters. The van der Waals surface area contributed by atoms with Crippen LogP contribution < -0.4 is 0 Å². The zero-order chi connectivity index (χ0) is 36.3. The van der Waals surface area contributed by atoms with Gasteiger partial charge in [0.1, 0.15) is 16.8 Å². The lowest BCUT2D eigenvalue weighted by Gasteiger charge is -2.61. The van der Waals surface area contributed by atoms with Crippen molar-refractivity contribution in [1.29, 1.82) is 0 Å². The summed E-state index contributed by atoms with van der Waals surface area (Å²) in [6, 6.07) is 51.4. The quantitative estimate of drug-likeness (QED) is 0.179. The number of para-hydroxylation sites is 1. The molecule has 56 heavy (non-hydrogen) atoms. The van der Waals surface area contributed by atoms with Gasteiger partial charge < -0.3 is 4.42 Å². The molecule has 0 amide bonds. The minimum atomic E-state index is -0.0333. The molecule has 10 aromatic rings. The van der Waals surface area contributed by atoms with Crippen molar-refractivity contribution >= 4 is 65.4 Å². The van der Waals surface area contributed by atoms with Crippen molar-refractivity contribution in [2.45, 2.75) is 37.5 Å². The lowest BCUT2D eigenvalue weighted by Crippen LogP contribution is -2.55. The van der Waals surface area contributed by atoms with Crippen LogP contribution in [-0.2, 0) is 5.41 Å². The zero-order valence-corrected chi connectivity index (χ0v) is 30.9. The standard InChI is InChI=1S/C52H37N3O/c1-2-11-33-28-34(18-17-31(33)9-1)47-50-48(40-14-6-8-16-44(40)56-50)54-51(53-47)55-43-22-19-32-10-3-4-12-37(32)45(43)41-21-20-39-38-13-5-7-15-42(38)52(46(39)49(41)55)35-24-29-23-30(26-35)27-36(52)25-29/h1-22,28-30,35-36H,23-27H2. The van der Waals surface area contributed by atoms with E-state index in [4.69, 9.17) is 14.4 Å². The van der Waals surface area contributed by atoms with Crippen LogP contribution in [0.25, 0.3) is 93.8 Å². The third-order valence-corrected chi connectivity index (χ3v) is 14.8. The molecule has 266 valence electrons. The number of hydrogen-bond acceptors (Lipinski definition) is 3. The Labute approximate surface area is 323 Å². The smallest absolute Gasteiger partial charge is 0.236 e. The second kappa shape index (κ2) is 10.5. The topological polar surface area (TPSA) is 43.9 Å². The Morgan fingerprint density at radius 1 is 0.571 bits per heavy atom. The van der Waals surface area contributed by atoms with Gasteiger partial charge in [0.25, 0.3) is 0 Å². The summed E-state index contributed by atoms with van der Waals surface area (Å²) >= 11 is 0. The summed E-state index contributed by atoms with van der Waals surface area (Å²) in [4.78, 5) is 11.2. The summed E-state index contributed by atoms with van der Waals surface area (Å²) in [6.45, 7) is 0. The average Bonchev–Trinajstić information content (AvgIpc) is 3.89. The first kappa shape index (κ1) is 30.0. The molecular weight excluding hydrogens is 683 g/mol. The van der Waals surface area contributed by atoms with Gasteiger partial charge in [0.05, 0.1) is 11.0 Å². The van der Waals surface area contributed by atoms with Crippen molar-refractivity contribution in [1.82, 2.24) is 14.5 Å². The second-order valence-electron chi connectivity index (χ2n) is 17.3. The van der Waals surface area contributed by atoms with Crippen molar-refractivity contribution in [3.63, 3.8) is 0 Å². The molecule has 15 rings (SSSR count). The molecule has 5 aliphatic carbocycles. The maximum atomic E-state index is 6.69. The first-order valence-electron chi connectivity index (χ1n) is 20.5. The van der Waals surface area contributed by atoms with E-state index < -0.39 is 0 Å². The molecule has 4 bridgehead atoms. The summed E-state index contributed by atoms with van der Waals surface area (Å²) in [7, 11) is 0. The highest BCUT2D eigenvalue weighted by atomic mass is 16.3. The van der Waals surface area contributed by atoms with E-state index in [1.54, 1.807) is 5.56 Å². The lowest BCUT2D eigenvalue weighted by molar-refractivity contribution is -0.0394. The summed E-state index contributed by atoms with van der Waals surface area (Å²) in [5.74, 6) is 3.68. The molecule has 0 radical (unpaired) electrons. The van der Waals surface area contributed by atoms with E-state index in [1.807, 2.05) is 12.1 Å². The van der Waals surface area contributed by atoms with Crippen LogP contribution in [0.2, 0.25) is 0 Å². The summed E-state index contributed by atoms with van der Waals surface area (Å²) in [5.41, 5.74) is 12.6. The highest BCUT2D eigenvalue weighted by Gasteiger charge is 2.62. The van der Waals surface area contributed by atoms with Crippen molar-refractivity contribution in [2.75, 3.05) is 0 Å². The van der Waals surface area contributed by atoms with Gasteiger partial charge in [-0.3, -0.25) is 4.57 Å². The number of rotatable bonds is 2. The SMILES string of the molecule is c1ccc2c(c1)-c1ccc3c4c5ccccc5ccc4n(-c4nc(-c5ccc6ccccc6c5)c5oc6ccccc6c5n4)c3c1C21C2CC3CC(C2)CC1C3. The number of furan rings is 1. The van der Waals surface area contributed by atoms with Gasteiger partial charge in [-0.05, 0) is 124 Å². The van der Waals surface area contributed by atoms with E-state index in [0.29, 0.717) is 17.8 Å². The van der Waals surface area contributed by atoms with Crippen molar-refractivity contribution in [3.05, 3.63) is 151 Å². The minimum Gasteiger partial charge on any atom is -0.452 e. The molecule has 7 aromatic carbocycles. The molecule has 1 spiro atoms. The highest BCUT2D eigenvalue weighted by Crippen LogP contribution is 2.70. The minimum absolute atomic E-state index is 0.0333. The summed E-state index contributed by atoms with van der Waals surface area (Å²) in [6.07, 6.45) is 6.75. The van der Waals surface area contributed by atoms with Crippen LogP contribution in [0.1, 0.15) is 43.2 Å². The van der Waals surface area contributed by atoms with E-state index in [-0.39, 0.29) is 5.41 Å². The summed E-state index contributed by atoms with van der Waals surface area (Å²) < 4.78 is 9.16. The van der Waals surface area contributed by atoms with Crippen molar-refractivity contribution in [3.8, 4) is 28.3 Å².